The topological polar surface area (TPSA) is 63.7 Å². The molecule has 0 aromatic rings. The quantitative estimate of drug-likeness (QED) is 0.429. The maximum atomic E-state index is 12.5. The van der Waals surface area contributed by atoms with Gasteiger partial charge in [0.05, 0.1) is 5.92 Å². The summed E-state index contributed by atoms with van der Waals surface area (Å²) >= 11 is 0. The van der Waals surface area contributed by atoms with Crippen LogP contribution in [0.5, 0.6) is 0 Å². The van der Waals surface area contributed by atoms with Gasteiger partial charge >= 0.3 is 5.97 Å². The molecule has 1 heterocycles. The zero-order valence-electron chi connectivity index (χ0n) is 16.0. The van der Waals surface area contributed by atoms with Crippen molar-refractivity contribution >= 4 is 17.8 Å². The van der Waals surface area contributed by atoms with Gasteiger partial charge in [0, 0.05) is 11.1 Å². The van der Waals surface area contributed by atoms with Crippen LogP contribution in [0.15, 0.2) is 34.9 Å². The highest BCUT2D eigenvalue weighted by atomic mass is 16.5. The zero-order valence-corrected chi connectivity index (χ0v) is 16.0. The smallest absolute Gasteiger partial charge is 0.311 e. The lowest BCUT2D eigenvalue weighted by Gasteiger charge is -2.15. The minimum Gasteiger partial charge on any atom is -0.443 e. The molecule has 1 aliphatic heterocycles. The average Bonchev–Trinajstić information content (AvgIpc) is 3.04. The Morgan fingerprint density at radius 1 is 1.19 bits per heavy atom. The third-order valence-electron chi connectivity index (χ3n) is 5.85. The van der Waals surface area contributed by atoms with Gasteiger partial charge in [-0.3, -0.25) is 14.4 Å². The summed E-state index contributed by atoms with van der Waals surface area (Å²) in [6, 6.07) is 0. The second-order valence-corrected chi connectivity index (χ2v) is 8.03. The van der Waals surface area contributed by atoms with E-state index in [9.17, 15) is 14.4 Å². The normalized spacial score (nSPS) is 28.0. The van der Waals surface area contributed by atoms with Crippen molar-refractivity contribution in [2.75, 3.05) is 6.73 Å². The largest absolute Gasteiger partial charge is 0.443 e. The number of esters is 1. The van der Waals surface area contributed by atoms with Crippen LogP contribution in [0.3, 0.4) is 0 Å². The summed E-state index contributed by atoms with van der Waals surface area (Å²) < 4.78 is 5.38. The molecule has 2 aliphatic carbocycles. The van der Waals surface area contributed by atoms with Gasteiger partial charge in [0.15, 0.2) is 6.73 Å². The third-order valence-corrected chi connectivity index (χ3v) is 5.85. The Hall–Kier alpha value is -2.17. The van der Waals surface area contributed by atoms with Crippen LogP contribution >= 0.6 is 0 Å². The van der Waals surface area contributed by atoms with Gasteiger partial charge in [-0.2, -0.15) is 0 Å². The van der Waals surface area contributed by atoms with Gasteiger partial charge in [-0.05, 0) is 50.9 Å². The molecule has 0 radical (unpaired) electrons. The average molecular weight is 357 g/mol. The van der Waals surface area contributed by atoms with Crippen LogP contribution in [0.4, 0.5) is 0 Å². The monoisotopic (exact) mass is 357 g/mol. The maximum Gasteiger partial charge on any atom is 0.311 e. The van der Waals surface area contributed by atoms with E-state index in [0.717, 1.165) is 23.3 Å². The summed E-state index contributed by atoms with van der Waals surface area (Å²) in [5, 5.41) is 0. The Balaban J connectivity index is 1.61. The number of ether oxygens (including phenoxy) is 1. The second-order valence-electron chi connectivity index (χ2n) is 8.03. The summed E-state index contributed by atoms with van der Waals surface area (Å²) in [7, 11) is 0. The van der Waals surface area contributed by atoms with Crippen molar-refractivity contribution in [3.63, 3.8) is 0 Å². The van der Waals surface area contributed by atoms with E-state index in [2.05, 4.69) is 6.08 Å². The van der Waals surface area contributed by atoms with Gasteiger partial charge < -0.3 is 4.74 Å². The SMILES string of the molecule is CC=CC(C)=CC1C(C(=O)OCN2C(=O)C3=C(CCCC3)C2=O)C1(C)C. The molecular weight excluding hydrogens is 330 g/mol. The molecule has 0 spiro atoms. The second kappa shape index (κ2) is 6.86. The van der Waals surface area contributed by atoms with Gasteiger partial charge in [-0.25, -0.2) is 4.90 Å². The van der Waals surface area contributed by atoms with E-state index in [1.807, 2.05) is 39.8 Å². The first kappa shape index (κ1) is 18.6. The number of rotatable bonds is 5. The molecule has 5 heteroatoms. The summed E-state index contributed by atoms with van der Waals surface area (Å²) in [6.45, 7) is 7.76. The Labute approximate surface area is 154 Å². The standard InChI is InChI=1S/C21H27NO4/c1-5-8-13(2)11-16-17(21(16,3)4)20(25)26-12-22-18(23)14-9-6-7-10-15(14)19(22)24/h5,8,11,16-17H,6-7,9-10,12H2,1-4H3. The first-order valence-electron chi connectivity index (χ1n) is 9.35. The molecule has 3 rings (SSSR count). The Morgan fingerprint density at radius 2 is 1.77 bits per heavy atom. The van der Waals surface area contributed by atoms with Crippen LogP contribution in [-0.4, -0.2) is 29.4 Å². The number of amides is 2. The van der Waals surface area contributed by atoms with Crippen LogP contribution in [-0.2, 0) is 19.1 Å². The fraction of sp³-hybridized carbons (Fsp3) is 0.571. The van der Waals surface area contributed by atoms with Crippen molar-refractivity contribution in [2.24, 2.45) is 17.3 Å². The van der Waals surface area contributed by atoms with Crippen molar-refractivity contribution in [1.29, 1.82) is 0 Å². The molecule has 0 saturated heterocycles. The van der Waals surface area contributed by atoms with Crippen molar-refractivity contribution in [3.8, 4) is 0 Å². The Bertz CT molecular complexity index is 713. The van der Waals surface area contributed by atoms with Gasteiger partial charge in [0.1, 0.15) is 0 Å². The minimum atomic E-state index is -0.338. The lowest BCUT2D eigenvalue weighted by atomic mass is 9.93. The molecule has 2 amide bonds. The number of carbonyl (C=O) groups is 3. The molecule has 0 bridgehead atoms. The van der Waals surface area contributed by atoms with Crippen molar-refractivity contribution in [1.82, 2.24) is 4.90 Å². The van der Waals surface area contributed by atoms with Crippen LogP contribution in [0.1, 0.15) is 53.4 Å². The van der Waals surface area contributed by atoms with Crippen LogP contribution in [0.25, 0.3) is 0 Å². The van der Waals surface area contributed by atoms with E-state index in [1.165, 1.54) is 0 Å². The predicted octanol–water partition coefficient (Wildman–Crippen LogP) is 3.52. The van der Waals surface area contributed by atoms with Crippen LogP contribution in [0.2, 0.25) is 0 Å². The molecule has 1 saturated carbocycles. The van der Waals surface area contributed by atoms with E-state index < -0.39 is 0 Å². The van der Waals surface area contributed by atoms with Crippen LogP contribution in [0, 0.1) is 17.3 Å². The van der Waals surface area contributed by atoms with Crippen molar-refractivity contribution in [3.05, 3.63) is 34.9 Å². The summed E-state index contributed by atoms with van der Waals surface area (Å²) in [5.41, 5.74) is 2.18. The molecule has 140 valence electrons. The lowest BCUT2D eigenvalue weighted by molar-refractivity contribution is -0.156. The van der Waals surface area contributed by atoms with E-state index in [0.29, 0.717) is 24.0 Å². The van der Waals surface area contributed by atoms with E-state index in [-0.39, 0.29) is 41.8 Å². The van der Waals surface area contributed by atoms with E-state index in [4.69, 9.17) is 4.74 Å². The highest BCUT2D eigenvalue weighted by Crippen LogP contribution is 2.59. The number of imide groups is 1. The Morgan fingerprint density at radius 3 is 2.31 bits per heavy atom. The van der Waals surface area contributed by atoms with Gasteiger partial charge in [0.25, 0.3) is 11.8 Å². The number of hydrogen-bond acceptors (Lipinski definition) is 4. The molecule has 0 aromatic heterocycles. The summed E-state index contributed by atoms with van der Waals surface area (Å²) in [4.78, 5) is 38.4. The number of allylic oxidation sites excluding steroid dienone is 4. The molecule has 5 nitrogen and oxygen atoms in total. The molecule has 2 atom stereocenters. The Kier molecular flexibility index (Phi) is 4.91. The highest BCUT2D eigenvalue weighted by molar-refractivity contribution is 6.19. The summed E-state index contributed by atoms with van der Waals surface area (Å²) in [6.07, 6.45) is 9.23. The molecule has 0 N–H and O–H groups in total. The molecule has 26 heavy (non-hydrogen) atoms. The number of nitrogens with zero attached hydrogens (tertiary/aromatic N) is 1. The molecule has 3 aliphatic rings. The van der Waals surface area contributed by atoms with Gasteiger partial charge in [0.2, 0.25) is 0 Å². The highest BCUT2D eigenvalue weighted by Gasteiger charge is 2.61. The fourth-order valence-corrected chi connectivity index (χ4v) is 4.17. The first-order chi connectivity index (χ1) is 12.3. The molecule has 0 aromatic carbocycles. The van der Waals surface area contributed by atoms with E-state index >= 15 is 0 Å². The maximum absolute atomic E-state index is 12.5. The molecule has 2 unspecified atom stereocenters. The van der Waals surface area contributed by atoms with Gasteiger partial charge in [-0.15, -0.1) is 0 Å². The van der Waals surface area contributed by atoms with Crippen molar-refractivity contribution < 1.29 is 19.1 Å². The lowest BCUT2D eigenvalue weighted by Crippen LogP contribution is -2.35. The first-order valence-corrected chi connectivity index (χ1v) is 9.35. The number of carbonyl (C=O) groups excluding carboxylic acids is 3. The van der Waals surface area contributed by atoms with Crippen LogP contribution < -0.4 is 0 Å². The van der Waals surface area contributed by atoms with Crippen molar-refractivity contribution in [2.45, 2.75) is 53.4 Å². The minimum absolute atomic E-state index is 0.113. The molecule has 1 fully saturated rings. The van der Waals surface area contributed by atoms with E-state index in [1.54, 1.807) is 0 Å². The summed E-state index contributed by atoms with van der Waals surface area (Å²) in [5.74, 6) is -1.03. The predicted molar refractivity (Wildman–Crippen MR) is 97.6 cm³/mol. The van der Waals surface area contributed by atoms with Gasteiger partial charge in [-0.1, -0.05) is 37.6 Å². The third kappa shape index (κ3) is 3.15. The number of hydrogen-bond donors (Lipinski definition) is 0. The molecular formula is C21H27NO4. The zero-order chi connectivity index (χ0) is 19.1. The fourth-order valence-electron chi connectivity index (χ4n) is 4.17.